The molecule has 0 N–H and O–H groups in total. The smallest absolute Gasteiger partial charge is 0.124 e. The molecule has 0 unspecified atom stereocenters. The van der Waals surface area contributed by atoms with Gasteiger partial charge in [-0.15, -0.1) is 22.7 Å². The van der Waals surface area contributed by atoms with Crippen LogP contribution in [0.3, 0.4) is 0 Å². The Labute approximate surface area is 346 Å². The van der Waals surface area contributed by atoms with Crippen LogP contribution in [0.2, 0.25) is 0 Å². The largest absolute Gasteiger partial charge is 0.310 e. The van der Waals surface area contributed by atoms with Crippen molar-refractivity contribution in [2.45, 2.75) is 0 Å². The molecular weight excluding hydrogens is 731 g/mol. The highest BCUT2D eigenvalue weighted by molar-refractivity contribution is 7.22. The Hall–Kier alpha value is -6.92. The van der Waals surface area contributed by atoms with Gasteiger partial charge in [0.15, 0.2) is 0 Å². The van der Waals surface area contributed by atoms with Gasteiger partial charge in [0.05, 0.1) is 28.7 Å². The van der Waals surface area contributed by atoms with Crippen molar-refractivity contribution >= 4 is 81.7 Å². The van der Waals surface area contributed by atoms with E-state index in [4.69, 9.17) is 9.97 Å². The Morgan fingerprint density at radius 2 is 0.860 bits per heavy atom. The molecule has 268 valence electrons. The van der Waals surface area contributed by atoms with Crippen LogP contribution in [0.4, 0.5) is 17.1 Å². The van der Waals surface area contributed by atoms with E-state index in [0.717, 1.165) is 63.5 Å². The number of nitrogens with zero attached hydrogens (tertiary/aromatic N) is 3. The third kappa shape index (κ3) is 6.33. The minimum absolute atomic E-state index is 0.00790. The number of hydrogen-bond acceptors (Lipinski definition) is 5. The molecule has 0 bridgehead atoms. The fourth-order valence-electron chi connectivity index (χ4n) is 7.23. The summed E-state index contributed by atoms with van der Waals surface area (Å²) in [4.78, 5) is 11.4. The van der Waals surface area contributed by atoms with Gasteiger partial charge in [-0.1, -0.05) is 115 Å². The van der Waals surface area contributed by atoms with E-state index in [1.165, 1.54) is 0 Å². The molecule has 0 saturated carbocycles. The van der Waals surface area contributed by atoms with E-state index in [9.17, 15) is 8.22 Å². The van der Waals surface area contributed by atoms with E-state index in [-0.39, 0.29) is 58.3 Å². The predicted molar refractivity (Wildman–Crippen MR) is 244 cm³/mol. The summed E-state index contributed by atoms with van der Waals surface area (Å²) < 4.78 is 58.8. The van der Waals surface area contributed by atoms with Crippen LogP contribution >= 0.6 is 22.7 Å². The zero-order chi connectivity index (χ0) is 42.9. The number of para-hydroxylation sites is 2. The topological polar surface area (TPSA) is 29.0 Å². The fraction of sp³-hybridized carbons (Fsp3) is 0. The Morgan fingerprint density at radius 1 is 0.368 bits per heavy atom. The quantitative estimate of drug-likeness (QED) is 0.162. The molecule has 2 heterocycles. The Kier molecular flexibility index (Phi) is 6.78. The highest BCUT2D eigenvalue weighted by Gasteiger charge is 2.16. The molecule has 3 nitrogen and oxygen atoms in total. The van der Waals surface area contributed by atoms with Crippen molar-refractivity contribution in [2.24, 2.45) is 0 Å². The van der Waals surface area contributed by atoms with Gasteiger partial charge in [-0.2, -0.15) is 0 Å². The van der Waals surface area contributed by atoms with Crippen molar-refractivity contribution in [3.8, 4) is 43.4 Å². The molecule has 0 aliphatic rings. The summed E-state index contributed by atoms with van der Waals surface area (Å²) >= 11 is 3.26. The van der Waals surface area contributed by atoms with Crippen molar-refractivity contribution in [1.29, 1.82) is 0 Å². The first kappa shape index (κ1) is 27.6. The lowest BCUT2D eigenvalue weighted by Gasteiger charge is -2.26. The zero-order valence-electron chi connectivity index (χ0n) is 36.2. The van der Waals surface area contributed by atoms with E-state index >= 15 is 0 Å². The van der Waals surface area contributed by atoms with E-state index in [2.05, 4.69) is 30.3 Å². The molecule has 0 fully saturated rings. The Morgan fingerprint density at radius 3 is 1.49 bits per heavy atom. The van der Waals surface area contributed by atoms with Gasteiger partial charge in [-0.3, -0.25) is 0 Å². The summed E-state index contributed by atoms with van der Waals surface area (Å²) in [5, 5.41) is 3.74. The molecule has 5 heteroatoms. The number of anilines is 3. The maximum Gasteiger partial charge on any atom is 0.124 e. The Bertz CT molecular complexity index is 3520. The number of rotatable bonds is 7. The standard InChI is InChI=1S/C52H33N3S2/c1-2-8-39-31-40(18-15-34(39)7-1)41-19-20-43-33-46(30-25-42(43)32-41)55(45-28-23-38(24-29-45)52-54-48-10-4-6-12-50(48)57-52)44-26-21-36(22-27-44)35-13-16-37(17-14-35)51-53-47-9-3-5-11-49(47)56-51/h1-33H/i19D,20D,25D,30D,32D,33D. The highest BCUT2D eigenvalue weighted by atomic mass is 32.1. The van der Waals surface area contributed by atoms with Gasteiger partial charge < -0.3 is 4.90 Å². The van der Waals surface area contributed by atoms with Gasteiger partial charge in [0.1, 0.15) is 10.0 Å². The summed E-state index contributed by atoms with van der Waals surface area (Å²) in [5.41, 5.74) is 7.93. The second-order valence-corrected chi connectivity index (χ2v) is 15.8. The van der Waals surface area contributed by atoms with Crippen molar-refractivity contribution in [3.05, 3.63) is 200 Å². The SMILES string of the molecule is [2H]c1c(N(c2ccc(-c3ccc(-c4nc5ccccc5s4)cc3)cc2)c2ccc(-c3nc4ccccc4s3)cc2)c([2H])c2c([2H])c([2H])c(-c3ccc4ccccc4c3)c([2H])c2c1[2H]. The number of thiazole rings is 2. The minimum atomic E-state index is -0.280. The molecule has 0 spiro atoms. The minimum Gasteiger partial charge on any atom is -0.310 e. The first-order valence-corrected chi connectivity index (χ1v) is 20.2. The van der Waals surface area contributed by atoms with Crippen LogP contribution in [0.25, 0.3) is 85.4 Å². The normalized spacial score (nSPS) is 13.0. The molecule has 2 aromatic heterocycles. The summed E-state index contributed by atoms with van der Waals surface area (Å²) in [6, 6.07) is 52.1. The number of aromatic nitrogens is 2. The third-order valence-electron chi connectivity index (χ3n) is 10.2. The molecule has 9 aromatic carbocycles. The second-order valence-electron chi connectivity index (χ2n) is 13.8. The van der Waals surface area contributed by atoms with Gasteiger partial charge in [-0.25, -0.2) is 9.97 Å². The monoisotopic (exact) mass is 769 g/mol. The molecule has 0 aliphatic heterocycles. The maximum atomic E-state index is 9.72. The lowest BCUT2D eigenvalue weighted by atomic mass is 9.98. The van der Waals surface area contributed by atoms with Gasteiger partial charge in [-0.05, 0) is 129 Å². The average molecular weight is 770 g/mol. The summed E-state index contributed by atoms with van der Waals surface area (Å²) in [7, 11) is 0. The molecule has 57 heavy (non-hydrogen) atoms. The van der Waals surface area contributed by atoms with Crippen LogP contribution < -0.4 is 4.90 Å². The van der Waals surface area contributed by atoms with E-state index in [0.29, 0.717) is 16.9 Å². The number of fused-ring (bicyclic) bond motifs is 4. The molecule has 0 atom stereocenters. The van der Waals surface area contributed by atoms with Gasteiger partial charge in [0.25, 0.3) is 0 Å². The van der Waals surface area contributed by atoms with Gasteiger partial charge in [0.2, 0.25) is 0 Å². The summed E-state index contributed by atoms with van der Waals surface area (Å²) in [6.07, 6.45) is 0. The van der Waals surface area contributed by atoms with Crippen LogP contribution in [-0.4, -0.2) is 9.97 Å². The van der Waals surface area contributed by atoms with Crippen molar-refractivity contribution in [3.63, 3.8) is 0 Å². The second kappa shape index (κ2) is 14.0. The van der Waals surface area contributed by atoms with Crippen molar-refractivity contribution < 1.29 is 8.22 Å². The highest BCUT2D eigenvalue weighted by Crippen LogP contribution is 2.40. The molecule has 0 radical (unpaired) electrons. The molecular formula is C52H33N3S2. The van der Waals surface area contributed by atoms with E-state index in [1.54, 1.807) is 27.6 Å². The third-order valence-corrected chi connectivity index (χ3v) is 12.3. The average Bonchev–Trinajstić information content (AvgIpc) is 3.97. The maximum absolute atomic E-state index is 9.72. The molecule has 11 aromatic rings. The number of hydrogen-bond donors (Lipinski definition) is 0. The lowest BCUT2D eigenvalue weighted by Crippen LogP contribution is -2.09. The fourth-order valence-corrected chi connectivity index (χ4v) is 9.17. The van der Waals surface area contributed by atoms with Crippen LogP contribution in [0.1, 0.15) is 8.22 Å². The molecule has 11 rings (SSSR count). The van der Waals surface area contributed by atoms with Crippen LogP contribution in [0, 0.1) is 0 Å². The predicted octanol–water partition coefficient (Wildman–Crippen LogP) is 15.4. The van der Waals surface area contributed by atoms with E-state index in [1.807, 2.05) is 133 Å². The van der Waals surface area contributed by atoms with Gasteiger partial charge in [0, 0.05) is 28.2 Å². The zero-order valence-corrected chi connectivity index (χ0v) is 31.9. The van der Waals surface area contributed by atoms with Crippen molar-refractivity contribution in [1.82, 2.24) is 9.97 Å². The summed E-state index contributed by atoms with van der Waals surface area (Å²) in [6.45, 7) is 0. The first-order chi connectivity index (χ1) is 30.7. The Balaban J connectivity index is 1.03. The molecule has 0 saturated heterocycles. The van der Waals surface area contributed by atoms with Crippen LogP contribution in [-0.2, 0) is 0 Å². The summed E-state index contributed by atoms with van der Waals surface area (Å²) in [5.74, 6) is 0. The van der Waals surface area contributed by atoms with Crippen LogP contribution in [0.5, 0.6) is 0 Å². The number of benzene rings is 9. The van der Waals surface area contributed by atoms with E-state index < -0.39 is 0 Å². The molecule has 0 amide bonds. The van der Waals surface area contributed by atoms with Gasteiger partial charge >= 0.3 is 0 Å². The molecule has 0 aliphatic carbocycles. The van der Waals surface area contributed by atoms with Crippen LogP contribution in [0.15, 0.2) is 200 Å². The lowest BCUT2D eigenvalue weighted by molar-refractivity contribution is 1.29. The first-order valence-electron chi connectivity index (χ1n) is 21.6. The van der Waals surface area contributed by atoms with Crippen molar-refractivity contribution in [2.75, 3.05) is 4.90 Å².